The van der Waals surface area contributed by atoms with Gasteiger partial charge in [0.2, 0.25) is 0 Å². The van der Waals surface area contributed by atoms with Crippen LogP contribution >= 0.6 is 0 Å². The summed E-state index contributed by atoms with van der Waals surface area (Å²) in [7, 11) is 0. The summed E-state index contributed by atoms with van der Waals surface area (Å²) in [6, 6.07) is 4.14. The van der Waals surface area contributed by atoms with E-state index in [1.54, 1.807) is 12.1 Å². The van der Waals surface area contributed by atoms with E-state index in [0.29, 0.717) is 18.7 Å². The van der Waals surface area contributed by atoms with E-state index >= 15 is 0 Å². The number of halogens is 2. The zero-order chi connectivity index (χ0) is 15.4. The van der Waals surface area contributed by atoms with Crippen LogP contribution in [0.5, 0.6) is 0 Å². The first-order chi connectivity index (χ1) is 10.0. The van der Waals surface area contributed by atoms with Gasteiger partial charge >= 0.3 is 0 Å². The number of hydrogen-bond donors (Lipinski definition) is 1. The number of ether oxygens (including phenoxy) is 1. The van der Waals surface area contributed by atoms with E-state index in [1.807, 2.05) is 20.8 Å². The molecule has 1 N–H and O–H groups in total. The molecule has 2 rings (SSSR count). The van der Waals surface area contributed by atoms with Crippen molar-refractivity contribution < 1.29 is 13.5 Å². The molecule has 0 aliphatic carbocycles. The van der Waals surface area contributed by atoms with E-state index in [-0.39, 0.29) is 18.2 Å². The summed E-state index contributed by atoms with van der Waals surface area (Å²) in [5.74, 6) is -1.54. The van der Waals surface area contributed by atoms with Crippen LogP contribution in [-0.4, -0.2) is 43.3 Å². The number of nitrogens with one attached hydrogen (secondary N) is 1. The summed E-state index contributed by atoms with van der Waals surface area (Å²) < 4.78 is 33.2. The maximum atomic E-state index is 14.0. The molecule has 1 aliphatic heterocycles. The summed E-state index contributed by atoms with van der Waals surface area (Å²) in [6.07, 6.45) is 0.321. The Hall–Kier alpha value is -1.04. The van der Waals surface area contributed by atoms with Gasteiger partial charge in [0, 0.05) is 31.2 Å². The van der Waals surface area contributed by atoms with Gasteiger partial charge in [0.25, 0.3) is 0 Å². The van der Waals surface area contributed by atoms with Crippen LogP contribution in [-0.2, 0) is 4.74 Å². The molecule has 3 unspecified atom stereocenters. The number of rotatable bonds is 5. The third kappa shape index (κ3) is 4.22. The minimum absolute atomic E-state index is 0.161. The average molecular weight is 298 g/mol. The molecule has 0 radical (unpaired) electrons. The normalized spacial score (nSPS) is 25.0. The van der Waals surface area contributed by atoms with E-state index in [1.165, 1.54) is 0 Å². The van der Waals surface area contributed by atoms with Crippen LogP contribution in [0.3, 0.4) is 0 Å². The van der Waals surface area contributed by atoms with Gasteiger partial charge in [0.1, 0.15) is 0 Å². The summed E-state index contributed by atoms with van der Waals surface area (Å²) in [4.78, 5) is 2.25. The van der Waals surface area contributed by atoms with Gasteiger partial charge in [-0.3, -0.25) is 4.90 Å². The van der Waals surface area contributed by atoms with Gasteiger partial charge in [0.05, 0.1) is 12.2 Å². The first-order valence-electron chi connectivity index (χ1n) is 7.56. The van der Waals surface area contributed by atoms with E-state index in [0.717, 1.165) is 19.2 Å². The zero-order valence-corrected chi connectivity index (χ0v) is 12.9. The summed E-state index contributed by atoms with van der Waals surface area (Å²) in [5, 5.41) is 3.25. The standard InChI is InChI=1S/C16H24F2N2O/c1-4-19-15(13-6-5-7-14(17)16(13)18)10-20-8-11(2)21-12(3)9-20/h5-7,11-12,15,19H,4,8-10H2,1-3H3. The van der Waals surface area contributed by atoms with Crippen molar-refractivity contribution in [2.24, 2.45) is 0 Å². The highest BCUT2D eigenvalue weighted by molar-refractivity contribution is 5.23. The van der Waals surface area contributed by atoms with Crippen molar-refractivity contribution in [3.8, 4) is 0 Å². The lowest BCUT2D eigenvalue weighted by atomic mass is 10.0. The highest BCUT2D eigenvalue weighted by Gasteiger charge is 2.26. The van der Waals surface area contributed by atoms with Crippen LogP contribution in [0, 0.1) is 11.6 Å². The topological polar surface area (TPSA) is 24.5 Å². The molecule has 0 bridgehead atoms. The van der Waals surface area contributed by atoms with Crippen LogP contribution in [0.15, 0.2) is 18.2 Å². The molecule has 3 nitrogen and oxygen atoms in total. The van der Waals surface area contributed by atoms with Crippen molar-refractivity contribution in [2.75, 3.05) is 26.2 Å². The molecule has 1 aliphatic rings. The quantitative estimate of drug-likeness (QED) is 0.904. The zero-order valence-electron chi connectivity index (χ0n) is 12.9. The third-order valence-corrected chi connectivity index (χ3v) is 3.74. The van der Waals surface area contributed by atoms with E-state index < -0.39 is 11.6 Å². The molecule has 3 atom stereocenters. The molecular formula is C16H24F2N2O. The van der Waals surface area contributed by atoms with Crippen LogP contribution in [0.1, 0.15) is 32.4 Å². The maximum Gasteiger partial charge on any atom is 0.163 e. The van der Waals surface area contributed by atoms with E-state index in [4.69, 9.17) is 4.74 Å². The van der Waals surface area contributed by atoms with Gasteiger partial charge in [-0.25, -0.2) is 8.78 Å². The summed E-state index contributed by atoms with van der Waals surface area (Å²) >= 11 is 0. The first-order valence-corrected chi connectivity index (χ1v) is 7.56. The third-order valence-electron chi connectivity index (χ3n) is 3.74. The fraction of sp³-hybridized carbons (Fsp3) is 0.625. The number of morpholine rings is 1. The molecule has 0 amide bonds. The summed E-state index contributed by atoms with van der Waals surface area (Å²) in [6.45, 7) is 9.00. The monoisotopic (exact) mass is 298 g/mol. The molecule has 1 aromatic carbocycles. The Labute approximate surface area is 125 Å². The molecule has 0 aromatic heterocycles. The Morgan fingerprint density at radius 2 is 1.95 bits per heavy atom. The minimum atomic E-state index is -0.792. The number of benzene rings is 1. The van der Waals surface area contributed by atoms with Crippen molar-refractivity contribution in [2.45, 2.75) is 39.0 Å². The molecule has 1 saturated heterocycles. The molecule has 0 spiro atoms. The molecular weight excluding hydrogens is 274 g/mol. The van der Waals surface area contributed by atoms with Crippen LogP contribution in [0.25, 0.3) is 0 Å². The molecule has 118 valence electrons. The van der Waals surface area contributed by atoms with Crippen LogP contribution in [0.4, 0.5) is 8.78 Å². The second-order valence-corrected chi connectivity index (χ2v) is 5.73. The molecule has 1 heterocycles. The van der Waals surface area contributed by atoms with E-state index in [2.05, 4.69) is 10.2 Å². The Balaban J connectivity index is 2.13. The Kier molecular flexibility index (Phi) is 5.67. The molecule has 5 heteroatoms. The molecule has 1 aromatic rings. The number of likely N-dealkylation sites (N-methyl/N-ethyl adjacent to an activating group) is 1. The largest absolute Gasteiger partial charge is 0.373 e. The van der Waals surface area contributed by atoms with E-state index in [9.17, 15) is 8.78 Å². The Morgan fingerprint density at radius 3 is 2.57 bits per heavy atom. The summed E-state index contributed by atoms with van der Waals surface area (Å²) in [5.41, 5.74) is 0.392. The highest BCUT2D eigenvalue weighted by Crippen LogP contribution is 2.22. The average Bonchev–Trinajstić information content (AvgIpc) is 2.40. The predicted octanol–water partition coefficient (Wildman–Crippen LogP) is 2.72. The minimum Gasteiger partial charge on any atom is -0.373 e. The Morgan fingerprint density at radius 1 is 1.29 bits per heavy atom. The fourth-order valence-corrected chi connectivity index (χ4v) is 3.00. The fourth-order valence-electron chi connectivity index (χ4n) is 3.00. The van der Waals surface area contributed by atoms with Gasteiger partial charge in [-0.15, -0.1) is 0 Å². The Bertz CT molecular complexity index is 460. The lowest BCUT2D eigenvalue weighted by molar-refractivity contribution is -0.0700. The lowest BCUT2D eigenvalue weighted by Crippen LogP contribution is -2.48. The van der Waals surface area contributed by atoms with Crippen molar-refractivity contribution in [1.82, 2.24) is 10.2 Å². The van der Waals surface area contributed by atoms with Gasteiger partial charge in [-0.1, -0.05) is 19.1 Å². The first kappa shape index (κ1) is 16.3. The molecule has 1 fully saturated rings. The molecule has 21 heavy (non-hydrogen) atoms. The van der Waals surface area contributed by atoms with Crippen molar-refractivity contribution >= 4 is 0 Å². The smallest absolute Gasteiger partial charge is 0.163 e. The second-order valence-electron chi connectivity index (χ2n) is 5.73. The lowest BCUT2D eigenvalue weighted by Gasteiger charge is -2.37. The van der Waals surface area contributed by atoms with Gasteiger partial charge in [-0.05, 0) is 26.5 Å². The second kappa shape index (κ2) is 7.29. The number of nitrogens with zero attached hydrogens (tertiary/aromatic N) is 1. The maximum absolute atomic E-state index is 14.0. The highest BCUT2D eigenvalue weighted by atomic mass is 19.2. The predicted molar refractivity (Wildman–Crippen MR) is 79.2 cm³/mol. The number of hydrogen-bond acceptors (Lipinski definition) is 3. The van der Waals surface area contributed by atoms with Crippen molar-refractivity contribution in [3.05, 3.63) is 35.4 Å². The van der Waals surface area contributed by atoms with Crippen molar-refractivity contribution in [1.29, 1.82) is 0 Å². The van der Waals surface area contributed by atoms with Gasteiger partial charge < -0.3 is 10.1 Å². The van der Waals surface area contributed by atoms with Gasteiger partial charge in [-0.2, -0.15) is 0 Å². The van der Waals surface area contributed by atoms with Crippen LogP contribution in [0.2, 0.25) is 0 Å². The SMILES string of the molecule is CCNC(CN1CC(C)OC(C)C1)c1cccc(F)c1F. The van der Waals surface area contributed by atoms with Gasteiger partial charge in [0.15, 0.2) is 11.6 Å². The molecule has 0 saturated carbocycles. The van der Waals surface area contributed by atoms with Crippen molar-refractivity contribution in [3.63, 3.8) is 0 Å². The van der Waals surface area contributed by atoms with Crippen LogP contribution < -0.4 is 5.32 Å².